The number of nitrogens with zero attached hydrogens (tertiary/aromatic N) is 1. The molecular formula is C10H16N2O5. The van der Waals surface area contributed by atoms with Crippen LogP contribution in [0.25, 0.3) is 0 Å². The van der Waals surface area contributed by atoms with Crippen molar-refractivity contribution < 1.29 is 24.2 Å². The van der Waals surface area contributed by atoms with E-state index in [-0.39, 0.29) is 5.91 Å². The number of amides is 1. The van der Waals surface area contributed by atoms with Gasteiger partial charge in [0.1, 0.15) is 6.10 Å². The van der Waals surface area contributed by atoms with Gasteiger partial charge in [0.2, 0.25) is 0 Å². The molecule has 2 unspecified atom stereocenters. The van der Waals surface area contributed by atoms with E-state index in [0.29, 0.717) is 39.1 Å². The van der Waals surface area contributed by atoms with E-state index in [9.17, 15) is 9.59 Å². The van der Waals surface area contributed by atoms with E-state index in [4.69, 9.17) is 14.6 Å². The van der Waals surface area contributed by atoms with E-state index in [1.54, 1.807) is 5.01 Å². The lowest BCUT2D eigenvalue weighted by Crippen LogP contribution is -2.51. The number of hydrogen-bond acceptors (Lipinski definition) is 5. The van der Waals surface area contributed by atoms with Gasteiger partial charge in [-0.2, -0.15) is 0 Å². The summed E-state index contributed by atoms with van der Waals surface area (Å²) in [4.78, 5) is 22.4. The Kier molecular flexibility index (Phi) is 3.93. The summed E-state index contributed by atoms with van der Waals surface area (Å²) in [6, 6.07) is 0. The molecule has 17 heavy (non-hydrogen) atoms. The number of rotatable bonds is 3. The van der Waals surface area contributed by atoms with Gasteiger partial charge in [-0.3, -0.25) is 10.2 Å². The van der Waals surface area contributed by atoms with Gasteiger partial charge >= 0.3 is 5.97 Å². The minimum absolute atomic E-state index is 0.268. The molecule has 0 radical (unpaired) electrons. The van der Waals surface area contributed by atoms with Crippen molar-refractivity contribution >= 4 is 11.9 Å². The van der Waals surface area contributed by atoms with Gasteiger partial charge in [0.25, 0.3) is 5.91 Å². The number of ether oxygens (including phenoxy) is 2. The second-order valence-electron chi connectivity index (χ2n) is 4.10. The highest BCUT2D eigenvalue weighted by molar-refractivity contribution is 5.82. The average molecular weight is 244 g/mol. The van der Waals surface area contributed by atoms with Crippen LogP contribution in [0.1, 0.15) is 12.8 Å². The van der Waals surface area contributed by atoms with Crippen molar-refractivity contribution in [2.75, 3.05) is 26.3 Å². The maximum Gasteiger partial charge on any atom is 0.332 e. The fraction of sp³-hybridized carbons (Fsp3) is 0.800. The molecule has 0 aliphatic carbocycles. The van der Waals surface area contributed by atoms with Crippen molar-refractivity contribution in [1.29, 1.82) is 0 Å². The van der Waals surface area contributed by atoms with Crippen molar-refractivity contribution in [2.45, 2.75) is 25.0 Å². The molecule has 0 spiro atoms. The Bertz CT molecular complexity index is 303. The molecule has 0 bridgehead atoms. The topological polar surface area (TPSA) is 88.1 Å². The zero-order valence-electron chi connectivity index (χ0n) is 9.42. The molecule has 0 aromatic heterocycles. The minimum Gasteiger partial charge on any atom is -0.479 e. The van der Waals surface area contributed by atoms with Crippen molar-refractivity contribution in [2.24, 2.45) is 0 Å². The standard InChI is InChI=1S/C10H16N2O5/c13-9(11-12-3-5-16-6-4-12)7-1-2-8(17-7)10(14)15/h7-8H,1-6H2,(H,11,13)(H,14,15). The summed E-state index contributed by atoms with van der Waals surface area (Å²) in [5.41, 5.74) is 2.72. The minimum atomic E-state index is -1.01. The van der Waals surface area contributed by atoms with E-state index in [1.165, 1.54) is 0 Å². The Balaban J connectivity index is 1.78. The van der Waals surface area contributed by atoms with Crippen molar-refractivity contribution in [3.63, 3.8) is 0 Å². The van der Waals surface area contributed by atoms with Crippen LogP contribution in [-0.2, 0) is 19.1 Å². The third-order valence-electron chi connectivity index (χ3n) is 2.87. The third kappa shape index (κ3) is 3.15. The quantitative estimate of drug-likeness (QED) is 0.661. The molecule has 7 heteroatoms. The van der Waals surface area contributed by atoms with E-state index in [0.717, 1.165) is 0 Å². The first kappa shape index (κ1) is 12.3. The second-order valence-corrected chi connectivity index (χ2v) is 4.10. The van der Waals surface area contributed by atoms with Crippen LogP contribution in [0, 0.1) is 0 Å². The normalized spacial score (nSPS) is 30.1. The first-order chi connectivity index (χ1) is 8.16. The molecule has 2 heterocycles. The monoisotopic (exact) mass is 244 g/mol. The number of morpholine rings is 1. The molecule has 1 amide bonds. The molecule has 2 aliphatic heterocycles. The molecule has 2 fully saturated rings. The average Bonchev–Trinajstić information content (AvgIpc) is 2.79. The molecule has 2 N–H and O–H groups in total. The fourth-order valence-electron chi connectivity index (χ4n) is 1.91. The first-order valence-electron chi connectivity index (χ1n) is 5.68. The smallest absolute Gasteiger partial charge is 0.332 e. The molecule has 0 aromatic rings. The maximum atomic E-state index is 11.8. The number of hydrazine groups is 1. The summed E-state index contributed by atoms with van der Waals surface area (Å²) in [6.07, 6.45) is -0.668. The van der Waals surface area contributed by atoms with Crippen LogP contribution in [0.4, 0.5) is 0 Å². The van der Waals surface area contributed by atoms with E-state index in [1.807, 2.05) is 0 Å². The third-order valence-corrected chi connectivity index (χ3v) is 2.87. The van der Waals surface area contributed by atoms with Gasteiger partial charge in [-0.15, -0.1) is 0 Å². The summed E-state index contributed by atoms with van der Waals surface area (Å²) >= 11 is 0. The molecule has 7 nitrogen and oxygen atoms in total. The van der Waals surface area contributed by atoms with Crippen LogP contribution in [0.15, 0.2) is 0 Å². The van der Waals surface area contributed by atoms with Crippen LogP contribution in [0.3, 0.4) is 0 Å². The highest BCUT2D eigenvalue weighted by Crippen LogP contribution is 2.20. The van der Waals surface area contributed by atoms with E-state index in [2.05, 4.69) is 5.43 Å². The van der Waals surface area contributed by atoms with Gasteiger partial charge in [-0.25, -0.2) is 9.80 Å². The predicted molar refractivity (Wildman–Crippen MR) is 56.1 cm³/mol. The number of nitrogens with one attached hydrogen (secondary N) is 1. The summed E-state index contributed by atoms with van der Waals surface area (Å²) < 4.78 is 10.3. The first-order valence-corrected chi connectivity index (χ1v) is 5.68. The Morgan fingerprint density at radius 2 is 1.82 bits per heavy atom. The van der Waals surface area contributed by atoms with Crippen LogP contribution < -0.4 is 5.43 Å². The molecule has 2 saturated heterocycles. The molecular weight excluding hydrogens is 228 g/mol. The number of carboxylic acid groups (broad SMARTS) is 1. The van der Waals surface area contributed by atoms with E-state index < -0.39 is 18.2 Å². The van der Waals surface area contributed by atoms with Crippen molar-refractivity contribution in [3.8, 4) is 0 Å². The van der Waals surface area contributed by atoms with Crippen molar-refractivity contribution in [3.05, 3.63) is 0 Å². The molecule has 2 aliphatic rings. The lowest BCUT2D eigenvalue weighted by atomic mass is 10.2. The number of carbonyl (C=O) groups is 2. The summed E-state index contributed by atoms with van der Waals surface area (Å²) in [7, 11) is 0. The number of carboxylic acids is 1. The zero-order valence-corrected chi connectivity index (χ0v) is 9.42. The predicted octanol–water partition coefficient (Wildman–Crippen LogP) is -1.02. The van der Waals surface area contributed by atoms with E-state index >= 15 is 0 Å². The summed E-state index contributed by atoms with van der Waals surface area (Å²) in [5, 5.41) is 10.5. The van der Waals surface area contributed by atoms with Crippen molar-refractivity contribution in [1.82, 2.24) is 10.4 Å². The molecule has 2 atom stereocenters. The highest BCUT2D eigenvalue weighted by Gasteiger charge is 2.35. The van der Waals surface area contributed by atoms with Gasteiger partial charge in [0, 0.05) is 13.1 Å². The van der Waals surface area contributed by atoms with Crippen LogP contribution >= 0.6 is 0 Å². The maximum absolute atomic E-state index is 11.8. The second kappa shape index (κ2) is 5.44. The van der Waals surface area contributed by atoms with Gasteiger partial charge in [-0.1, -0.05) is 0 Å². The van der Waals surface area contributed by atoms with Gasteiger partial charge < -0.3 is 14.6 Å². The molecule has 96 valence electrons. The molecule has 2 rings (SSSR count). The van der Waals surface area contributed by atoms with Crippen LogP contribution in [-0.4, -0.2) is 60.5 Å². The Morgan fingerprint density at radius 1 is 1.18 bits per heavy atom. The van der Waals surface area contributed by atoms with Gasteiger partial charge in [0.05, 0.1) is 13.2 Å². The Hall–Kier alpha value is -1.18. The number of hydrogen-bond donors (Lipinski definition) is 2. The lowest BCUT2D eigenvalue weighted by molar-refractivity contribution is -0.153. The largest absolute Gasteiger partial charge is 0.479 e. The number of carbonyl (C=O) groups excluding carboxylic acids is 1. The number of aliphatic carboxylic acids is 1. The molecule has 0 aromatic carbocycles. The summed E-state index contributed by atoms with van der Waals surface area (Å²) in [5.74, 6) is -1.28. The van der Waals surface area contributed by atoms with Gasteiger partial charge in [0.15, 0.2) is 6.10 Å². The van der Waals surface area contributed by atoms with Crippen LogP contribution in [0.5, 0.6) is 0 Å². The highest BCUT2D eigenvalue weighted by atomic mass is 16.5. The zero-order chi connectivity index (χ0) is 12.3. The summed E-state index contributed by atoms with van der Waals surface area (Å²) in [6.45, 7) is 2.45. The molecule has 0 saturated carbocycles. The Labute approximate surface area is 98.6 Å². The fourth-order valence-corrected chi connectivity index (χ4v) is 1.91. The lowest BCUT2D eigenvalue weighted by Gasteiger charge is -2.27. The van der Waals surface area contributed by atoms with Gasteiger partial charge in [-0.05, 0) is 12.8 Å². The Morgan fingerprint density at radius 3 is 2.41 bits per heavy atom. The SMILES string of the molecule is O=C(O)C1CCC(C(=O)NN2CCOCC2)O1. The van der Waals surface area contributed by atoms with Crippen LogP contribution in [0.2, 0.25) is 0 Å².